The number of benzene rings is 8. The van der Waals surface area contributed by atoms with Gasteiger partial charge in [0.15, 0.2) is 0 Å². The van der Waals surface area contributed by atoms with Crippen LogP contribution in [-0.4, -0.2) is 9.97 Å². The van der Waals surface area contributed by atoms with E-state index in [1.165, 1.54) is 102 Å². The number of aromatic nitrogens is 2. The first-order valence-electron chi connectivity index (χ1n) is 21.5. The smallest absolute Gasteiger partial charge is 0.137 e. The molecule has 0 aliphatic heterocycles. The molecule has 1 atom stereocenters. The SMILES string of the molecule is C1=Cc2sc3nc(C4C=C(c5ccc6c7ccccc7c7ccccc7c6c5)C=C(c5ccc(-c6cccc7c6sc6ccccc67)cc5)C4)nc(-c4ccccc4)c3c2CC1. The number of rotatable bonds is 5. The van der Waals surface area contributed by atoms with E-state index in [2.05, 4.69) is 188 Å². The molecule has 0 spiro atoms. The van der Waals surface area contributed by atoms with Crippen LogP contribution in [0.15, 0.2) is 182 Å². The van der Waals surface area contributed by atoms with Crippen molar-refractivity contribution in [3.63, 3.8) is 0 Å². The van der Waals surface area contributed by atoms with Gasteiger partial charge in [-0.15, -0.1) is 22.7 Å². The molecule has 0 fully saturated rings. The number of fused-ring (bicyclic) bond motifs is 12. The van der Waals surface area contributed by atoms with Gasteiger partial charge in [-0.1, -0.05) is 170 Å². The van der Waals surface area contributed by atoms with E-state index in [0.717, 1.165) is 41.2 Å². The molecular formula is C58H38N2S2. The number of thiophene rings is 2. The van der Waals surface area contributed by atoms with E-state index in [4.69, 9.17) is 9.97 Å². The van der Waals surface area contributed by atoms with Crippen LogP contribution in [0.3, 0.4) is 0 Å². The molecule has 2 nitrogen and oxygen atoms in total. The molecule has 0 radical (unpaired) electrons. The second kappa shape index (κ2) is 14.3. The summed E-state index contributed by atoms with van der Waals surface area (Å²) in [6, 6.07) is 60.3. The van der Waals surface area contributed by atoms with E-state index in [0.29, 0.717) is 0 Å². The summed E-state index contributed by atoms with van der Waals surface area (Å²) in [7, 11) is 0. The fourth-order valence-electron chi connectivity index (χ4n) is 10.1. The first-order chi connectivity index (χ1) is 30.7. The summed E-state index contributed by atoms with van der Waals surface area (Å²) in [5.41, 5.74) is 11.0. The molecule has 292 valence electrons. The van der Waals surface area contributed by atoms with Crippen molar-refractivity contribution in [1.29, 1.82) is 0 Å². The highest BCUT2D eigenvalue weighted by atomic mass is 32.1. The lowest BCUT2D eigenvalue weighted by molar-refractivity contribution is 0.795. The molecule has 2 aliphatic carbocycles. The van der Waals surface area contributed by atoms with E-state index in [1.54, 1.807) is 0 Å². The predicted molar refractivity (Wildman–Crippen MR) is 267 cm³/mol. The van der Waals surface area contributed by atoms with Gasteiger partial charge >= 0.3 is 0 Å². The molecule has 11 aromatic rings. The standard InChI is InChI=1S/C58H38N2S2/c1-2-13-37(14-3-1)55-54-50-20-9-11-24-53(50)62-58(54)60-57(59-55)41-32-39(35-25-27-36(28-26-35)42-21-12-22-49-48-19-8-10-23-52(48)61-56(42)49)31-40(33-41)38-29-30-47-45-17-5-4-15-43(45)44-16-6-7-18-46(44)51(47)34-38/h1-8,10-19,21-31,33-34,41H,9,20,32H2. The zero-order valence-electron chi connectivity index (χ0n) is 33.8. The molecule has 0 saturated heterocycles. The minimum absolute atomic E-state index is 0.0254. The fraction of sp³-hybridized carbons (Fsp3) is 0.0690. The van der Waals surface area contributed by atoms with Crippen molar-refractivity contribution >= 4 is 103 Å². The third-order valence-electron chi connectivity index (χ3n) is 13.1. The summed E-state index contributed by atoms with van der Waals surface area (Å²) in [5.74, 6) is 0.856. The first-order valence-corrected chi connectivity index (χ1v) is 23.2. The van der Waals surface area contributed by atoms with E-state index in [1.807, 2.05) is 22.7 Å². The van der Waals surface area contributed by atoms with Crippen molar-refractivity contribution in [2.45, 2.75) is 25.2 Å². The van der Waals surface area contributed by atoms with Crippen molar-refractivity contribution in [3.8, 4) is 22.4 Å². The van der Waals surface area contributed by atoms with Crippen LogP contribution in [-0.2, 0) is 6.42 Å². The minimum atomic E-state index is -0.0254. The monoisotopic (exact) mass is 826 g/mol. The van der Waals surface area contributed by atoms with Crippen molar-refractivity contribution in [2.24, 2.45) is 0 Å². The molecule has 3 heterocycles. The summed E-state index contributed by atoms with van der Waals surface area (Å²) in [4.78, 5) is 13.4. The van der Waals surface area contributed by atoms with Gasteiger partial charge in [0.05, 0.1) is 5.69 Å². The fourth-order valence-corrected chi connectivity index (χ4v) is 12.5. The maximum absolute atomic E-state index is 5.56. The lowest BCUT2D eigenvalue weighted by Gasteiger charge is -2.23. The maximum Gasteiger partial charge on any atom is 0.137 e. The highest BCUT2D eigenvalue weighted by Crippen LogP contribution is 2.45. The van der Waals surface area contributed by atoms with Gasteiger partial charge in [-0.05, 0) is 109 Å². The Morgan fingerprint density at radius 1 is 0.516 bits per heavy atom. The predicted octanol–water partition coefficient (Wildman–Crippen LogP) is 16.5. The Labute approximate surface area is 367 Å². The number of allylic oxidation sites excluding steroid dienone is 5. The topological polar surface area (TPSA) is 25.8 Å². The Bertz CT molecular complexity index is 3680. The number of hydrogen-bond acceptors (Lipinski definition) is 4. The Morgan fingerprint density at radius 3 is 1.97 bits per heavy atom. The summed E-state index contributed by atoms with van der Waals surface area (Å²) < 4.78 is 2.67. The molecule has 1 unspecified atom stereocenters. The molecule has 2 aliphatic rings. The normalized spacial score (nSPS) is 15.2. The van der Waals surface area contributed by atoms with Gasteiger partial charge in [0.2, 0.25) is 0 Å². The van der Waals surface area contributed by atoms with Crippen LogP contribution < -0.4 is 0 Å². The summed E-state index contributed by atoms with van der Waals surface area (Å²) in [5, 5.41) is 11.6. The maximum atomic E-state index is 5.56. The Hall–Kier alpha value is -6.98. The van der Waals surface area contributed by atoms with Crippen LogP contribution >= 0.6 is 22.7 Å². The average molecular weight is 827 g/mol. The molecule has 3 aromatic heterocycles. The van der Waals surface area contributed by atoms with Crippen LogP contribution in [0, 0.1) is 0 Å². The van der Waals surface area contributed by atoms with Gasteiger partial charge in [-0.2, -0.15) is 0 Å². The van der Waals surface area contributed by atoms with Crippen LogP contribution in [0.25, 0.3) is 102 Å². The van der Waals surface area contributed by atoms with Gasteiger partial charge in [-0.3, -0.25) is 0 Å². The van der Waals surface area contributed by atoms with Gasteiger partial charge in [0.25, 0.3) is 0 Å². The first kappa shape index (κ1) is 35.7. The van der Waals surface area contributed by atoms with Gasteiger partial charge in [-0.25, -0.2) is 9.97 Å². The van der Waals surface area contributed by atoms with Crippen molar-refractivity contribution in [2.75, 3.05) is 0 Å². The molecule has 62 heavy (non-hydrogen) atoms. The summed E-state index contributed by atoms with van der Waals surface area (Å²) in [6.45, 7) is 0. The second-order valence-electron chi connectivity index (χ2n) is 16.7. The van der Waals surface area contributed by atoms with Crippen LogP contribution in [0.1, 0.15) is 46.2 Å². The van der Waals surface area contributed by atoms with E-state index < -0.39 is 0 Å². The van der Waals surface area contributed by atoms with Crippen LogP contribution in [0.2, 0.25) is 0 Å². The molecular weight excluding hydrogens is 789 g/mol. The molecule has 0 N–H and O–H groups in total. The molecule has 8 aromatic carbocycles. The van der Waals surface area contributed by atoms with E-state index >= 15 is 0 Å². The highest BCUT2D eigenvalue weighted by Gasteiger charge is 2.26. The molecule has 13 rings (SSSR count). The quantitative estimate of drug-likeness (QED) is 0.162. The summed E-state index contributed by atoms with van der Waals surface area (Å²) in [6.07, 6.45) is 12.3. The van der Waals surface area contributed by atoms with Gasteiger partial charge in [0.1, 0.15) is 10.7 Å². The second-order valence-corrected chi connectivity index (χ2v) is 18.8. The number of hydrogen-bond donors (Lipinski definition) is 0. The third kappa shape index (κ3) is 5.75. The van der Waals surface area contributed by atoms with Gasteiger partial charge in [0, 0.05) is 41.9 Å². The average Bonchev–Trinajstić information content (AvgIpc) is 3.93. The zero-order valence-corrected chi connectivity index (χ0v) is 35.4. The largest absolute Gasteiger partial charge is 0.231 e. The van der Waals surface area contributed by atoms with Gasteiger partial charge < -0.3 is 0 Å². The zero-order chi connectivity index (χ0) is 40.7. The number of nitrogens with zero attached hydrogens (tertiary/aromatic N) is 2. The minimum Gasteiger partial charge on any atom is -0.231 e. The lowest BCUT2D eigenvalue weighted by Crippen LogP contribution is -2.09. The van der Waals surface area contributed by atoms with Crippen molar-refractivity contribution < 1.29 is 0 Å². The van der Waals surface area contributed by atoms with E-state index in [-0.39, 0.29) is 5.92 Å². The highest BCUT2D eigenvalue weighted by molar-refractivity contribution is 7.26. The van der Waals surface area contributed by atoms with Crippen molar-refractivity contribution in [1.82, 2.24) is 9.97 Å². The lowest BCUT2D eigenvalue weighted by atomic mass is 9.83. The summed E-state index contributed by atoms with van der Waals surface area (Å²) >= 11 is 3.70. The van der Waals surface area contributed by atoms with Crippen molar-refractivity contribution in [3.05, 3.63) is 209 Å². The molecule has 4 heteroatoms. The molecule has 0 bridgehead atoms. The Balaban J connectivity index is 0.980. The van der Waals surface area contributed by atoms with Crippen LogP contribution in [0.4, 0.5) is 0 Å². The third-order valence-corrected chi connectivity index (χ3v) is 15.4. The Kier molecular flexibility index (Phi) is 8.25. The Morgan fingerprint density at radius 2 is 1.18 bits per heavy atom. The van der Waals surface area contributed by atoms with Crippen LogP contribution in [0.5, 0.6) is 0 Å². The number of aryl methyl sites for hydroxylation is 1. The molecule has 0 amide bonds. The molecule has 0 saturated carbocycles. The van der Waals surface area contributed by atoms with E-state index in [9.17, 15) is 0 Å².